The van der Waals surface area contributed by atoms with E-state index in [0.717, 1.165) is 51.6 Å². The van der Waals surface area contributed by atoms with Crippen molar-refractivity contribution in [2.75, 3.05) is 19.6 Å². The molecule has 0 saturated heterocycles. The van der Waals surface area contributed by atoms with Gasteiger partial charge in [-0.2, -0.15) is 0 Å². The molecule has 0 aliphatic heterocycles. The predicted molar refractivity (Wildman–Crippen MR) is 125 cm³/mol. The largest absolute Gasteiger partial charge is 1.00 e. The van der Waals surface area contributed by atoms with E-state index in [1.807, 2.05) is 0 Å². The maximum atomic E-state index is 11.0. The first-order valence-corrected chi connectivity index (χ1v) is 12.4. The fraction of sp³-hybridized carbons (Fsp3) is 0.808. The van der Waals surface area contributed by atoms with Crippen LogP contribution in [-0.4, -0.2) is 30.5 Å². The molecule has 0 rings (SSSR count). The van der Waals surface area contributed by atoms with E-state index in [4.69, 9.17) is 0 Å². The zero-order valence-corrected chi connectivity index (χ0v) is 23.6. The van der Waals surface area contributed by atoms with Gasteiger partial charge in [-0.3, -0.25) is 4.90 Å². The van der Waals surface area contributed by atoms with Gasteiger partial charge >= 0.3 is 51.4 Å². The second-order valence-electron chi connectivity index (χ2n) is 8.28. The Balaban J connectivity index is 0. The van der Waals surface area contributed by atoms with Crippen LogP contribution in [0.1, 0.15) is 117 Å². The number of carbonyl (C=O) groups is 1. The monoisotopic (exact) mass is 445 g/mol. The summed E-state index contributed by atoms with van der Waals surface area (Å²) in [5.74, 6) is -0.955. The number of nitrogens with zero attached hydrogens (tertiary/aromatic N) is 1. The van der Waals surface area contributed by atoms with Crippen molar-refractivity contribution >= 4 is 5.97 Å². The molecule has 0 unspecified atom stereocenters. The second-order valence-corrected chi connectivity index (χ2v) is 8.28. The molecule has 0 heterocycles. The van der Waals surface area contributed by atoms with E-state index in [2.05, 4.69) is 43.1 Å². The number of carbonyl (C=O) groups excluding carboxylic acids is 1. The fourth-order valence-corrected chi connectivity index (χ4v) is 3.50. The number of carboxylic acids is 1. The van der Waals surface area contributed by atoms with Crippen molar-refractivity contribution in [1.29, 1.82) is 0 Å². The van der Waals surface area contributed by atoms with Crippen LogP contribution in [0.5, 0.6) is 0 Å². The summed E-state index contributed by atoms with van der Waals surface area (Å²) in [5.41, 5.74) is 0. The van der Waals surface area contributed by atoms with Crippen molar-refractivity contribution < 1.29 is 61.3 Å². The number of rotatable bonds is 22. The van der Waals surface area contributed by atoms with E-state index < -0.39 is 5.97 Å². The molecular formula is C26H48KNO2. The summed E-state index contributed by atoms with van der Waals surface area (Å²) in [4.78, 5) is 13.1. The van der Waals surface area contributed by atoms with Gasteiger partial charge in [0.1, 0.15) is 0 Å². The number of unbranched alkanes of at least 4 members (excludes halogenated alkanes) is 12. The molecule has 0 fully saturated rings. The Morgan fingerprint density at radius 2 is 1.00 bits per heavy atom. The second kappa shape index (κ2) is 27.6. The number of hydrogen-bond acceptors (Lipinski definition) is 3. The summed E-state index contributed by atoms with van der Waals surface area (Å²) in [7, 11) is 0. The zero-order chi connectivity index (χ0) is 21.4. The molecule has 4 heteroatoms. The van der Waals surface area contributed by atoms with Crippen molar-refractivity contribution in [2.24, 2.45) is 0 Å². The van der Waals surface area contributed by atoms with E-state index >= 15 is 0 Å². The molecule has 0 atom stereocenters. The number of carboxylic acid groups (broad SMARTS) is 1. The van der Waals surface area contributed by atoms with Crippen LogP contribution < -0.4 is 56.5 Å². The summed E-state index contributed by atoms with van der Waals surface area (Å²) >= 11 is 0. The first-order chi connectivity index (χ1) is 14.2. The van der Waals surface area contributed by atoms with Gasteiger partial charge in [-0.25, -0.2) is 0 Å². The van der Waals surface area contributed by atoms with Crippen LogP contribution >= 0.6 is 0 Å². The molecule has 0 bridgehead atoms. The van der Waals surface area contributed by atoms with Gasteiger partial charge in [-0.1, -0.05) is 76.7 Å². The standard InChI is InChI=1S/C26H49NO2.K/c1-3-5-7-9-11-13-15-17-19-21-23-27(25-26(28)29)24-22-20-18-16-14-12-10-8-6-4-2;/h13-16H,3-12,17-25H2,1-2H3,(H,28,29);/q;+1/p-1/b15-13+,16-14+;. The molecule has 3 nitrogen and oxygen atoms in total. The minimum atomic E-state index is -0.955. The van der Waals surface area contributed by atoms with Gasteiger partial charge in [0, 0.05) is 6.54 Å². The van der Waals surface area contributed by atoms with Crippen molar-refractivity contribution in [3.63, 3.8) is 0 Å². The van der Waals surface area contributed by atoms with Crippen molar-refractivity contribution in [2.45, 2.75) is 117 Å². The summed E-state index contributed by atoms with van der Waals surface area (Å²) in [6.45, 7) is 6.29. The minimum Gasteiger partial charge on any atom is -0.549 e. The van der Waals surface area contributed by atoms with Crippen molar-refractivity contribution in [3.8, 4) is 0 Å². The van der Waals surface area contributed by atoms with Crippen LogP contribution in [0, 0.1) is 0 Å². The van der Waals surface area contributed by atoms with Gasteiger partial charge in [0.2, 0.25) is 0 Å². The summed E-state index contributed by atoms with van der Waals surface area (Å²) in [6.07, 6.45) is 28.8. The molecule has 0 N–H and O–H groups in total. The third-order valence-electron chi connectivity index (χ3n) is 5.32. The molecule has 30 heavy (non-hydrogen) atoms. The van der Waals surface area contributed by atoms with E-state index in [9.17, 15) is 9.90 Å². The van der Waals surface area contributed by atoms with Crippen LogP contribution in [0.3, 0.4) is 0 Å². The van der Waals surface area contributed by atoms with Gasteiger partial charge in [0.25, 0.3) is 0 Å². The maximum absolute atomic E-state index is 11.0. The van der Waals surface area contributed by atoms with E-state index in [1.54, 1.807) is 0 Å². The minimum absolute atomic E-state index is 0. The summed E-state index contributed by atoms with van der Waals surface area (Å²) < 4.78 is 0. The van der Waals surface area contributed by atoms with Gasteiger partial charge in [0.05, 0.1) is 5.97 Å². The molecule has 0 saturated carbocycles. The van der Waals surface area contributed by atoms with Crippen LogP contribution in [0.15, 0.2) is 24.3 Å². The molecule has 0 radical (unpaired) electrons. The number of aliphatic carboxylic acids is 1. The Morgan fingerprint density at radius 3 is 1.33 bits per heavy atom. The molecule has 0 aromatic carbocycles. The average Bonchev–Trinajstić information content (AvgIpc) is 2.70. The predicted octanol–water partition coefficient (Wildman–Crippen LogP) is 3.44. The molecule has 170 valence electrons. The average molecular weight is 446 g/mol. The Labute approximate surface area is 230 Å². The SMILES string of the molecule is CCCCCC/C=C/CCCCN(CCCC/C=C/CCCCCC)CC(=O)[O-].[K+]. The van der Waals surface area contributed by atoms with E-state index in [1.165, 1.54) is 64.2 Å². The summed E-state index contributed by atoms with van der Waals surface area (Å²) in [6, 6.07) is 0. The van der Waals surface area contributed by atoms with Crippen LogP contribution in [0.4, 0.5) is 0 Å². The molecule has 0 aromatic heterocycles. The molecule has 0 aliphatic rings. The van der Waals surface area contributed by atoms with Gasteiger partial charge in [0.15, 0.2) is 0 Å². The summed E-state index contributed by atoms with van der Waals surface area (Å²) in [5, 5.41) is 11.0. The van der Waals surface area contributed by atoms with Crippen molar-refractivity contribution in [1.82, 2.24) is 4.90 Å². The first kappa shape index (κ1) is 32.7. The molecule has 0 aromatic rings. The van der Waals surface area contributed by atoms with E-state index in [-0.39, 0.29) is 57.9 Å². The Kier molecular flexibility index (Phi) is 30.1. The van der Waals surface area contributed by atoms with Crippen molar-refractivity contribution in [3.05, 3.63) is 24.3 Å². The molecular weight excluding hydrogens is 397 g/mol. The molecule has 0 spiro atoms. The Morgan fingerprint density at radius 1 is 0.633 bits per heavy atom. The topological polar surface area (TPSA) is 43.4 Å². The van der Waals surface area contributed by atoms with Crippen LogP contribution in [0.25, 0.3) is 0 Å². The normalized spacial score (nSPS) is 11.6. The fourth-order valence-electron chi connectivity index (χ4n) is 3.50. The number of hydrogen-bond donors (Lipinski definition) is 0. The van der Waals surface area contributed by atoms with Crippen LogP contribution in [0.2, 0.25) is 0 Å². The third kappa shape index (κ3) is 26.6. The zero-order valence-electron chi connectivity index (χ0n) is 20.5. The molecule has 0 aliphatic carbocycles. The Hall–Kier alpha value is 0.546. The van der Waals surface area contributed by atoms with Gasteiger partial charge < -0.3 is 9.90 Å². The smallest absolute Gasteiger partial charge is 0.549 e. The van der Waals surface area contributed by atoms with Gasteiger partial charge in [-0.05, 0) is 77.3 Å². The first-order valence-electron chi connectivity index (χ1n) is 12.4. The number of allylic oxidation sites excluding steroid dienone is 4. The molecule has 0 amide bonds. The van der Waals surface area contributed by atoms with E-state index in [0.29, 0.717) is 0 Å². The Bertz CT molecular complexity index is 380. The third-order valence-corrected chi connectivity index (χ3v) is 5.32. The quantitative estimate of drug-likeness (QED) is 0.146. The maximum Gasteiger partial charge on any atom is 1.00 e. The van der Waals surface area contributed by atoms with Gasteiger partial charge in [-0.15, -0.1) is 0 Å². The van der Waals surface area contributed by atoms with Crippen LogP contribution in [-0.2, 0) is 4.79 Å².